The Hall–Kier alpha value is -1.69. The molecule has 3 rings (SSSR count). The number of aromatic nitrogens is 4. The molecule has 102 valence electrons. The fourth-order valence-corrected chi connectivity index (χ4v) is 2.32. The Bertz CT molecular complexity index is 555. The third-order valence-electron chi connectivity index (χ3n) is 3.37. The van der Waals surface area contributed by atoms with Crippen molar-refractivity contribution < 1.29 is 9.26 Å². The van der Waals surface area contributed by atoms with Gasteiger partial charge in [-0.1, -0.05) is 12.1 Å². The summed E-state index contributed by atoms with van der Waals surface area (Å²) in [5.41, 5.74) is 1.84. The zero-order valence-electron chi connectivity index (χ0n) is 11.3. The quantitative estimate of drug-likeness (QED) is 0.844. The summed E-state index contributed by atoms with van der Waals surface area (Å²) in [6.45, 7) is 6.46. The summed E-state index contributed by atoms with van der Waals surface area (Å²) in [4.78, 5) is 4.49. The third kappa shape index (κ3) is 2.40. The molecule has 1 saturated heterocycles. The van der Waals surface area contributed by atoms with Gasteiger partial charge in [-0.3, -0.25) is 4.68 Å². The van der Waals surface area contributed by atoms with Gasteiger partial charge in [-0.25, -0.2) is 0 Å². The number of ether oxygens (including phenoxy) is 1. The van der Waals surface area contributed by atoms with Crippen molar-refractivity contribution in [1.29, 1.82) is 0 Å². The minimum Gasteiger partial charge on any atom is -0.381 e. The molecule has 0 saturated carbocycles. The van der Waals surface area contributed by atoms with E-state index in [1.165, 1.54) is 0 Å². The van der Waals surface area contributed by atoms with Crippen LogP contribution < -0.4 is 0 Å². The molecule has 3 heterocycles. The first kappa shape index (κ1) is 12.3. The molecule has 2 aromatic rings. The Kier molecular flexibility index (Phi) is 3.33. The predicted octanol–water partition coefficient (Wildman–Crippen LogP) is 2.16. The normalized spacial score (nSPS) is 19.2. The van der Waals surface area contributed by atoms with E-state index in [0.717, 1.165) is 43.1 Å². The number of rotatable bonds is 4. The standard InChI is InChI=1S/C13H18N4O2/c1-3-5-17-7-11(9(2)15-17)13-14-12(16-19-13)10-4-6-18-8-10/h7,10H,3-6,8H2,1-2H3. The molecule has 6 nitrogen and oxygen atoms in total. The van der Waals surface area contributed by atoms with Crippen molar-refractivity contribution in [3.63, 3.8) is 0 Å². The maximum atomic E-state index is 5.37. The number of hydrogen-bond acceptors (Lipinski definition) is 5. The maximum Gasteiger partial charge on any atom is 0.261 e. The van der Waals surface area contributed by atoms with E-state index in [9.17, 15) is 0 Å². The lowest BCUT2D eigenvalue weighted by Crippen LogP contribution is -1.99. The Morgan fingerprint density at radius 3 is 3.11 bits per heavy atom. The minimum absolute atomic E-state index is 0.267. The molecule has 2 aromatic heterocycles. The Morgan fingerprint density at radius 2 is 2.37 bits per heavy atom. The fourth-order valence-electron chi connectivity index (χ4n) is 2.32. The highest BCUT2D eigenvalue weighted by molar-refractivity contribution is 5.54. The molecule has 1 atom stereocenters. The fraction of sp³-hybridized carbons (Fsp3) is 0.615. The van der Waals surface area contributed by atoms with Crippen LogP contribution in [0.3, 0.4) is 0 Å². The molecule has 0 radical (unpaired) electrons. The molecular weight excluding hydrogens is 244 g/mol. The van der Waals surface area contributed by atoms with Crippen LogP contribution in [0, 0.1) is 6.92 Å². The molecule has 19 heavy (non-hydrogen) atoms. The highest BCUT2D eigenvalue weighted by Gasteiger charge is 2.24. The molecule has 0 spiro atoms. The molecule has 1 aliphatic heterocycles. The van der Waals surface area contributed by atoms with E-state index in [2.05, 4.69) is 22.2 Å². The van der Waals surface area contributed by atoms with Crippen molar-refractivity contribution in [2.24, 2.45) is 0 Å². The van der Waals surface area contributed by atoms with E-state index in [4.69, 9.17) is 9.26 Å². The first-order valence-electron chi connectivity index (χ1n) is 6.73. The maximum absolute atomic E-state index is 5.37. The minimum atomic E-state index is 0.267. The topological polar surface area (TPSA) is 66.0 Å². The average Bonchev–Trinajstić information content (AvgIpc) is 3.07. The summed E-state index contributed by atoms with van der Waals surface area (Å²) >= 11 is 0. The molecule has 6 heteroatoms. The molecule has 0 aliphatic carbocycles. The third-order valence-corrected chi connectivity index (χ3v) is 3.37. The largest absolute Gasteiger partial charge is 0.381 e. The molecule has 1 aliphatic rings. The van der Waals surface area contributed by atoms with E-state index in [1.54, 1.807) is 0 Å². The van der Waals surface area contributed by atoms with Gasteiger partial charge in [-0.15, -0.1) is 0 Å². The van der Waals surface area contributed by atoms with E-state index < -0.39 is 0 Å². The van der Waals surface area contributed by atoms with Crippen LogP contribution in [0.15, 0.2) is 10.7 Å². The van der Waals surface area contributed by atoms with Crippen LogP contribution in [0.4, 0.5) is 0 Å². The highest BCUT2D eigenvalue weighted by atomic mass is 16.5. The van der Waals surface area contributed by atoms with Crippen LogP contribution in [0.2, 0.25) is 0 Å². The van der Waals surface area contributed by atoms with Crippen molar-refractivity contribution in [3.8, 4) is 11.5 Å². The van der Waals surface area contributed by atoms with Crippen molar-refractivity contribution in [3.05, 3.63) is 17.7 Å². The van der Waals surface area contributed by atoms with Gasteiger partial charge in [0.05, 0.1) is 17.9 Å². The van der Waals surface area contributed by atoms with Crippen LogP contribution in [-0.2, 0) is 11.3 Å². The summed E-state index contributed by atoms with van der Waals surface area (Å²) in [5.74, 6) is 1.57. The molecule has 0 amide bonds. The molecule has 0 aromatic carbocycles. The Balaban J connectivity index is 1.85. The van der Waals surface area contributed by atoms with Gasteiger partial charge in [0, 0.05) is 25.3 Å². The monoisotopic (exact) mass is 262 g/mol. The summed E-state index contributed by atoms with van der Waals surface area (Å²) < 4.78 is 12.6. The Morgan fingerprint density at radius 1 is 1.47 bits per heavy atom. The lowest BCUT2D eigenvalue weighted by atomic mass is 10.1. The summed E-state index contributed by atoms with van der Waals surface area (Å²) in [5, 5.41) is 8.52. The van der Waals surface area contributed by atoms with Crippen LogP contribution in [0.1, 0.15) is 37.2 Å². The number of hydrogen-bond donors (Lipinski definition) is 0. The summed E-state index contributed by atoms with van der Waals surface area (Å²) in [7, 11) is 0. The highest BCUT2D eigenvalue weighted by Crippen LogP contribution is 2.26. The SMILES string of the molecule is CCCn1cc(-c2nc(C3CCOC3)no2)c(C)n1. The van der Waals surface area contributed by atoms with Crippen LogP contribution in [-0.4, -0.2) is 33.1 Å². The van der Waals surface area contributed by atoms with Gasteiger partial charge in [-0.05, 0) is 19.8 Å². The lowest BCUT2D eigenvalue weighted by molar-refractivity contribution is 0.192. The van der Waals surface area contributed by atoms with Gasteiger partial charge in [0.1, 0.15) is 0 Å². The Labute approximate surface area is 111 Å². The van der Waals surface area contributed by atoms with Gasteiger partial charge in [-0.2, -0.15) is 10.1 Å². The lowest BCUT2D eigenvalue weighted by Gasteiger charge is -1.97. The first-order chi connectivity index (χ1) is 9.28. The molecule has 0 bridgehead atoms. The predicted molar refractivity (Wildman–Crippen MR) is 68.7 cm³/mol. The van der Waals surface area contributed by atoms with Gasteiger partial charge in [0.15, 0.2) is 5.82 Å². The second-order valence-corrected chi connectivity index (χ2v) is 4.91. The van der Waals surface area contributed by atoms with Crippen molar-refractivity contribution in [1.82, 2.24) is 19.9 Å². The van der Waals surface area contributed by atoms with Gasteiger partial charge < -0.3 is 9.26 Å². The van der Waals surface area contributed by atoms with Crippen LogP contribution >= 0.6 is 0 Å². The zero-order valence-corrected chi connectivity index (χ0v) is 11.3. The smallest absolute Gasteiger partial charge is 0.261 e. The summed E-state index contributed by atoms with van der Waals surface area (Å²) in [6.07, 6.45) is 3.99. The molecular formula is C13H18N4O2. The second kappa shape index (κ2) is 5.13. The molecule has 1 unspecified atom stereocenters. The zero-order chi connectivity index (χ0) is 13.2. The second-order valence-electron chi connectivity index (χ2n) is 4.91. The van der Waals surface area contributed by atoms with Gasteiger partial charge in [0.25, 0.3) is 5.89 Å². The van der Waals surface area contributed by atoms with Crippen molar-refractivity contribution >= 4 is 0 Å². The molecule has 1 fully saturated rings. The van der Waals surface area contributed by atoms with E-state index in [0.29, 0.717) is 12.5 Å². The van der Waals surface area contributed by atoms with Crippen LogP contribution in [0.25, 0.3) is 11.5 Å². The van der Waals surface area contributed by atoms with E-state index in [-0.39, 0.29) is 5.92 Å². The molecule has 0 N–H and O–H groups in total. The van der Waals surface area contributed by atoms with E-state index in [1.807, 2.05) is 17.8 Å². The summed E-state index contributed by atoms with van der Waals surface area (Å²) in [6, 6.07) is 0. The number of nitrogens with zero attached hydrogens (tertiary/aromatic N) is 4. The van der Waals surface area contributed by atoms with Gasteiger partial charge >= 0.3 is 0 Å². The van der Waals surface area contributed by atoms with Gasteiger partial charge in [0.2, 0.25) is 0 Å². The first-order valence-corrected chi connectivity index (χ1v) is 6.73. The van der Waals surface area contributed by atoms with E-state index >= 15 is 0 Å². The van der Waals surface area contributed by atoms with Crippen LogP contribution in [0.5, 0.6) is 0 Å². The van der Waals surface area contributed by atoms with Crippen molar-refractivity contribution in [2.75, 3.05) is 13.2 Å². The van der Waals surface area contributed by atoms with Crippen molar-refractivity contribution in [2.45, 2.75) is 39.2 Å². The number of aryl methyl sites for hydroxylation is 2. The average molecular weight is 262 g/mol.